The predicted molar refractivity (Wildman–Crippen MR) is 181 cm³/mol. The Labute approximate surface area is 273 Å². The van der Waals surface area contributed by atoms with E-state index in [4.69, 9.17) is 0 Å². The van der Waals surface area contributed by atoms with Gasteiger partial charge in [0, 0.05) is 37.3 Å². The quantitative estimate of drug-likeness (QED) is 0.174. The average Bonchev–Trinajstić information content (AvgIpc) is 3.01. The summed E-state index contributed by atoms with van der Waals surface area (Å²) in [6, 6.07) is 11.6. The molecule has 0 aliphatic carbocycles. The lowest BCUT2D eigenvalue weighted by Gasteiger charge is -2.25. The van der Waals surface area contributed by atoms with Gasteiger partial charge in [-0.3, -0.25) is 23.5 Å². The summed E-state index contributed by atoms with van der Waals surface area (Å²) >= 11 is 0. The van der Waals surface area contributed by atoms with Crippen molar-refractivity contribution in [3.63, 3.8) is 0 Å². The number of nitrogens with zero attached hydrogens (tertiary/aromatic N) is 1. The van der Waals surface area contributed by atoms with Crippen molar-refractivity contribution in [2.24, 2.45) is 5.92 Å². The van der Waals surface area contributed by atoms with Crippen molar-refractivity contribution in [3.8, 4) is 0 Å². The molecule has 13 heteroatoms. The number of sulfonamides is 1. The number of anilines is 1. The smallest absolute Gasteiger partial charge is 0.251 e. The highest BCUT2D eigenvalue weighted by Crippen LogP contribution is 2.22. The van der Waals surface area contributed by atoms with Crippen LogP contribution in [0.5, 0.6) is 0 Å². The Bertz CT molecular complexity index is 1450. The monoisotopic (exact) mass is 658 g/mol. The van der Waals surface area contributed by atoms with Crippen LogP contribution in [0.3, 0.4) is 0 Å². The summed E-state index contributed by atoms with van der Waals surface area (Å²) in [7, 11) is -2.34. The first-order valence-electron chi connectivity index (χ1n) is 15.7. The van der Waals surface area contributed by atoms with Gasteiger partial charge in [0.1, 0.15) is 6.04 Å². The maximum Gasteiger partial charge on any atom is 0.251 e. The molecule has 4 amide bonds. The van der Waals surface area contributed by atoms with E-state index in [0.29, 0.717) is 13.0 Å². The van der Waals surface area contributed by atoms with Crippen LogP contribution in [0, 0.1) is 5.92 Å². The Hall–Kier alpha value is -3.97. The number of carbonyl (C=O) groups excluding carboxylic acids is 4. The zero-order valence-corrected chi connectivity index (χ0v) is 29.0. The molecule has 0 saturated carbocycles. The van der Waals surface area contributed by atoms with Crippen molar-refractivity contribution in [2.45, 2.75) is 78.6 Å². The van der Waals surface area contributed by atoms with E-state index in [9.17, 15) is 27.6 Å². The Morgan fingerprint density at radius 2 is 1.41 bits per heavy atom. The molecule has 2 aromatic carbocycles. The van der Waals surface area contributed by atoms with Gasteiger partial charge in [-0.1, -0.05) is 57.5 Å². The van der Waals surface area contributed by atoms with E-state index in [2.05, 4.69) is 26.6 Å². The normalized spacial score (nSPS) is 14.0. The van der Waals surface area contributed by atoms with Crippen LogP contribution in [0.4, 0.5) is 5.69 Å². The van der Waals surface area contributed by atoms with Gasteiger partial charge >= 0.3 is 0 Å². The number of hydrogen-bond acceptors (Lipinski definition) is 7. The van der Waals surface area contributed by atoms with Crippen LogP contribution in [0.15, 0.2) is 48.5 Å². The summed E-state index contributed by atoms with van der Waals surface area (Å²) in [6.45, 7) is 11.7. The number of benzene rings is 2. The fraction of sp³-hybridized carbons (Fsp3) is 0.515. The van der Waals surface area contributed by atoms with Gasteiger partial charge in [-0.15, -0.1) is 0 Å². The average molecular weight is 659 g/mol. The van der Waals surface area contributed by atoms with Crippen LogP contribution in [-0.4, -0.2) is 76.6 Å². The molecule has 0 unspecified atom stereocenters. The minimum absolute atomic E-state index is 0.110. The number of carbonyl (C=O) groups is 4. The molecular formula is C33H50N6O6S. The summed E-state index contributed by atoms with van der Waals surface area (Å²) in [5.41, 5.74) is 1.29. The minimum atomic E-state index is -3.69. The third kappa shape index (κ3) is 11.4. The molecule has 254 valence electrons. The van der Waals surface area contributed by atoms with Crippen molar-refractivity contribution in [1.29, 1.82) is 0 Å². The van der Waals surface area contributed by atoms with Crippen LogP contribution in [-0.2, 0) is 19.6 Å². The van der Waals surface area contributed by atoms with Crippen LogP contribution in [0.25, 0.3) is 0 Å². The SMILES string of the molecule is CCC[C@@H](CN[C@@H](C)C(=O)N[C@H](C(=O)NCC)C(C)C)NC(=O)c1cc(C(=O)N[C@H](C)c2ccccc2)cc(N(C)S(C)(=O)=O)c1. The van der Waals surface area contributed by atoms with Gasteiger partial charge in [0.15, 0.2) is 0 Å². The van der Waals surface area contributed by atoms with E-state index >= 15 is 0 Å². The van der Waals surface area contributed by atoms with Gasteiger partial charge in [0.2, 0.25) is 21.8 Å². The highest BCUT2D eigenvalue weighted by atomic mass is 32.2. The first-order chi connectivity index (χ1) is 21.6. The zero-order chi connectivity index (χ0) is 34.6. The molecule has 2 aromatic rings. The van der Waals surface area contributed by atoms with E-state index in [1.165, 1.54) is 25.2 Å². The highest BCUT2D eigenvalue weighted by Gasteiger charge is 2.26. The zero-order valence-electron chi connectivity index (χ0n) is 28.1. The second kappa shape index (κ2) is 17.7. The van der Waals surface area contributed by atoms with E-state index in [1.807, 2.05) is 65.0 Å². The second-order valence-corrected chi connectivity index (χ2v) is 13.8. The molecule has 0 fully saturated rings. The molecule has 0 bridgehead atoms. The molecule has 46 heavy (non-hydrogen) atoms. The number of hydrogen-bond donors (Lipinski definition) is 5. The Kier molecular flexibility index (Phi) is 14.7. The molecule has 12 nitrogen and oxygen atoms in total. The van der Waals surface area contributed by atoms with Crippen LogP contribution >= 0.6 is 0 Å². The van der Waals surface area contributed by atoms with E-state index in [1.54, 1.807) is 6.92 Å². The Balaban J connectivity index is 2.24. The molecule has 0 heterocycles. The maximum absolute atomic E-state index is 13.5. The molecule has 0 aromatic heterocycles. The van der Waals surface area contributed by atoms with E-state index < -0.39 is 33.9 Å². The molecular weight excluding hydrogens is 608 g/mol. The van der Waals surface area contributed by atoms with Gasteiger partial charge in [0.05, 0.1) is 24.0 Å². The lowest BCUT2D eigenvalue weighted by molar-refractivity contribution is -0.130. The molecule has 5 N–H and O–H groups in total. The van der Waals surface area contributed by atoms with Crippen LogP contribution in [0.1, 0.15) is 86.7 Å². The minimum Gasteiger partial charge on any atom is -0.355 e. The molecule has 0 radical (unpaired) electrons. The molecule has 4 atom stereocenters. The fourth-order valence-electron chi connectivity index (χ4n) is 4.70. The number of nitrogens with one attached hydrogen (secondary N) is 5. The van der Waals surface area contributed by atoms with Gasteiger partial charge in [0.25, 0.3) is 11.8 Å². The molecule has 0 aliphatic heterocycles. The lowest BCUT2D eigenvalue weighted by atomic mass is 10.0. The van der Waals surface area contributed by atoms with Gasteiger partial charge in [-0.2, -0.15) is 0 Å². The first-order valence-corrected chi connectivity index (χ1v) is 17.5. The summed E-state index contributed by atoms with van der Waals surface area (Å²) in [6.07, 6.45) is 2.37. The number of likely N-dealkylation sites (N-methyl/N-ethyl adjacent to an activating group) is 1. The molecule has 0 aliphatic rings. The third-order valence-electron chi connectivity index (χ3n) is 7.58. The third-order valence-corrected chi connectivity index (χ3v) is 8.79. The number of amides is 4. The fourth-order valence-corrected chi connectivity index (χ4v) is 5.19. The standard InChI is InChI=1S/C33H50N6O6S/c1-9-14-27(20-35-23(6)30(40)38-29(21(3)4)33(43)34-10-2)37-32(42)26-17-25(18-28(19-26)39(7)46(8,44)45)31(41)36-22(5)24-15-12-11-13-16-24/h11-13,15-19,21-23,27,29,35H,9-10,14,20H2,1-8H3,(H,34,43)(H,36,41)(H,37,42)(H,38,40)/t22-,23+,27+,29+/m1/s1. The predicted octanol–water partition coefficient (Wildman–Crippen LogP) is 2.73. The van der Waals surface area contributed by atoms with Gasteiger partial charge < -0.3 is 26.6 Å². The topological polar surface area (TPSA) is 166 Å². The summed E-state index contributed by atoms with van der Waals surface area (Å²) < 4.78 is 25.7. The number of rotatable bonds is 17. The van der Waals surface area contributed by atoms with Crippen LogP contribution in [0.2, 0.25) is 0 Å². The highest BCUT2D eigenvalue weighted by molar-refractivity contribution is 7.92. The Morgan fingerprint density at radius 1 is 0.826 bits per heavy atom. The van der Waals surface area contributed by atoms with E-state index in [-0.39, 0.29) is 53.2 Å². The van der Waals surface area contributed by atoms with Gasteiger partial charge in [-0.25, -0.2) is 8.42 Å². The second-order valence-electron chi connectivity index (χ2n) is 11.8. The Morgan fingerprint density at radius 3 is 1.93 bits per heavy atom. The van der Waals surface area contributed by atoms with Crippen LogP contribution < -0.4 is 30.9 Å². The summed E-state index contributed by atoms with van der Waals surface area (Å²) in [5.74, 6) is -1.67. The van der Waals surface area contributed by atoms with Crippen molar-refractivity contribution in [2.75, 3.05) is 30.7 Å². The largest absolute Gasteiger partial charge is 0.355 e. The summed E-state index contributed by atoms with van der Waals surface area (Å²) in [4.78, 5) is 52.2. The lowest BCUT2D eigenvalue weighted by Crippen LogP contribution is -2.55. The molecule has 0 spiro atoms. The van der Waals surface area contributed by atoms with Crippen molar-refractivity contribution < 1.29 is 27.6 Å². The molecule has 0 saturated heterocycles. The van der Waals surface area contributed by atoms with Crippen molar-refractivity contribution in [1.82, 2.24) is 26.6 Å². The van der Waals surface area contributed by atoms with E-state index in [0.717, 1.165) is 22.5 Å². The van der Waals surface area contributed by atoms with Gasteiger partial charge in [-0.05, 0) is 56.9 Å². The first kappa shape index (κ1) is 38.2. The van der Waals surface area contributed by atoms with Crippen molar-refractivity contribution >= 4 is 39.3 Å². The van der Waals surface area contributed by atoms with Crippen molar-refractivity contribution in [3.05, 3.63) is 65.2 Å². The summed E-state index contributed by atoms with van der Waals surface area (Å²) in [5, 5.41) is 14.6. The molecule has 2 rings (SSSR count). The maximum atomic E-state index is 13.5.